The predicted octanol–water partition coefficient (Wildman–Crippen LogP) is 1.98. The summed E-state index contributed by atoms with van der Waals surface area (Å²) >= 11 is 1.57. The van der Waals surface area contributed by atoms with E-state index < -0.39 is 11.2 Å². The molecule has 0 spiro atoms. The molecule has 1 aromatic heterocycles. The van der Waals surface area contributed by atoms with Crippen molar-refractivity contribution >= 4 is 17.4 Å². The van der Waals surface area contributed by atoms with Crippen LogP contribution >= 0.6 is 11.3 Å². The molecule has 6 heteroatoms. The number of thiazole rings is 1. The third kappa shape index (κ3) is 3.67. The molecule has 1 fully saturated rings. The molecule has 5 nitrogen and oxygen atoms in total. The molecule has 1 saturated heterocycles. The molecule has 1 aliphatic rings. The highest BCUT2D eigenvalue weighted by Gasteiger charge is 2.45. The van der Waals surface area contributed by atoms with E-state index in [4.69, 9.17) is 4.74 Å². The summed E-state index contributed by atoms with van der Waals surface area (Å²) in [6.07, 6.45) is 0.114. The number of aryl methyl sites for hydroxylation is 1. The Morgan fingerprint density at radius 1 is 1.58 bits per heavy atom. The standard InChI is InChI=1S/C13H20N2O3S/c1-9-14-10(6-19-9)5-13(17)7-15(8-13)11(16)18-12(2,3)4/h6,17H,5,7-8H2,1-4H3. The minimum absolute atomic E-state index is 0.304. The first-order valence-corrected chi connectivity index (χ1v) is 7.16. The first-order chi connectivity index (χ1) is 8.67. The Hall–Kier alpha value is -1.14. The van der Waals surface area contributed by atoms with E-state index in [0.29, 0.717) is 19.5 Å². The summed E-state index contributed by atoms with van der Waals surface area (Å²) in [4.78, 5) is 17.6. The number of nitrogens with zero attached hydrogens (tertiary/aromatic N) is 2. The molecule has 19 heavy (non-hydrogen) atoms. The number of hydrogen-bond donors (Lipinski definition) is 1. The molecule has 2 rings (SSSR count). The van der Waals surface area contributed by atoms with E-state index in [1.54, 1.807) is 11.3 Å². The van der Waals surface area contributed by atoms with Gasteiger partial charge in [0.25, 0.3) is 0 Å². The van der Waals surface area contributed by atoms with Crippen LogP contribution in [-0.2, 0) is 11.2 Å². The number of aromatic nitrogens is 1. The summed E-state index contributed by atoms with van der Waals surface area (Å²) in [5.41, 5.74) is -0.484. The van der Waals surface area contributed by atoms with Crippen molar-refractivity contribution < 1.29 is 14.6 Å². The van der Waals surface area contributed by atoms with Crippen molar-refractivity contribution in [2.45, 2.75) is 45.3 Å². The lowest BCUT2D eigenvalue weighted by molar-refractivity contribution is -0.0977. The Morgan fingerprint density at radius 2 is 2.21 bits per heavy atom. The molecule has 1 N–H and O–H groups in total. The van der Waals surface area contributed by atoms with Crippen LogP contribution < -0.4 is 0 Å². The second-order valence-corrected chi connectivity index (χ2v) is 7.16. The van der Waals surface area contributed by atoms with Crippen molar-refractivity contribution in [2.75, 3.05) is 13.1 Å². The Kier molecular flexibility index (Phi) is 3.57. The number of amides is 1. The second-order valence-electron chi connectivity index (χ2n) is 6.10. The number of rotatable bonds is 2. The summed E-state index contributed by atoms with van der Waals surface area (Å²) in [5, 5.41) is 13.2. The molecule has 106 valence electrons. The SMILES string of the molecule is Cc1nc(CC2(O)CN(C(=O)OC(C)(C)C)C2)cs1. The van der Waals surface area contributed by atoms with Crippen LogP contribution in [0.3, 0.4) is 0 Å². The van der Waals surface area contributed by atoms with Gasteiger partial charge in [-0.2, -0.15) is 0 Å². The quantitative estimate of drug-likeness (QED) is 0.902. The van der Waals surface area contributed by atoms with Crippen molar-refractivity contribution in [2.24, 2.45) is 0 Å². The van der Waals surface area contributed by atoms with Crippen LogP contribution in [0.4, 0.5) is 4.79 Å². The fraction of sp³-hybridized carbons (Fsp3) is 0.692. The average Bonchev–Trinajstić information content (AvgIpc) is 2.57. The zero-order valence-electron chi connectivity index (χ0n) is 11.8. The zero-order valence-corrected chi connectivity index (χ0v) is 12.6. The minimum Gasteiger partial charge on any atom is -0.444 e. The molecule has 0 unspecified atom stereocenters. The van der Waals surface area contributed by atoms with Crippen LogP contribution in [0.5, 0.6) is 0 Å². The molecular formula is C13H20N2O3S. The van der Waals surface area contributed by atoms with E-state index in [1.165, 1.54) is 4.90 Å². The zero-order chi connectivity index (χ0) is 14.3. The fourth-order valence-corrected chi connectivity index (χ4v) is 2.67. The van der Waals surface area contributed by atoms with Gasteiger partial charge in [0.15, 0.2) is 0 Å². The van der Waals surface area contributed by atoms with Gasteiger partial charge in [-0.1, -0.05) is 0 Å². The normalized spacial score (nSPS) is 18.1. The number of β-amino-alcohol motifs (C(OH)–C–C–N with tert-alkyl or cyclic N) is 1. The Labute approximate surface area is 117 Å². The molecule has 2 heterocycles. The first kappa shape index (κ1) is 14.3. The summed E-state index contributed by atoms with van der Waals surface area (Å²) in [6.45, 7) is 8.03. The van der Waals surface area contributed by atoms with Gasteiger partial charge in [-0.15, -0.1) is 11.3 Å². The highest BCUT2D eigenvalue weighted by molar-refractivity contribution is 7.09. The monoisotopic (exact) mass is 284 g/mol. The van der Waals surface area contributed by atoms with E-state index in [-0.39, 0.29) is 6.09 Å². The third-order valence-corrected chi connectivity index (χ3v) is 3.62. The van der Waals surface area contributed by atoms with E-state index in [9.17, 15) is 9.90 Å². The summed E-state index contributed by atoms with van der Waals surface area (Å²) in [6, 6.07) is 0. The Bertz CT molecular complexity index is 472. The summed E-state index contributed by atoms with van der Waals surface area (Å²) in [5.74, 6) is 0. The number of carbonyl (C=O) groups is 1. The predicted molar refractivity (Wildman–Crippen MR) is 73.3 cm³/mol. The van der Waals surface area contributed by atoms with Gasteiger partial charge in [-0.25, -0.2) is 9.78 Å². The van der Waals surface area contributed by atoms with Crippen LogP contribution in [0.15, 0.2) is 5.38 Å². The molecule has 0 bridgehead atoms. The summed E-state index contributed by atoms with van der Waals surface area (Å²) in [7, 11) is 0. The number of carbonyl (C=O) groups excluding carboxylic acids is 1. The molecule has 0 atom stereocenters. The van der Waals surface area contributed by atoms with Gasteiger partial charge in [0.2, 0.25) is 0 Å². The van der Waals surface area contributed by atoms with Crippen molar-refractivity contribution in [3.05, 3.63) is 16.1 Å². The average molecular weight is 284 g/mol. The maximum atomic E-state index is 11.8. The van der Waals surface area contributed by atoms with Gasteiger partial charge in [0.05, 0.1) is 23.8 Å². The van der Waals surface area contributed by atoms with Gasteiger partial charge < -0.3 is 14.7 Å². The maximum Gasteiger partial charge on any atom is 0.410 e. The van der Waals surface area contributed by atoms with Crippen LogP contribution in [0.25, 0.3) is 0 Å². The molecule has 0 saturated carbocycles. The molecule has 1 aromatic rings. The van der Waals surface area contributed by atoms with Crippen LogP contribution in [0.2, 0.25) is 0 Å². The molecule has 1 amide bonds. The van der Waals surface area contributed by atoms with Crippen molar-refractivity contribution in [1.82, 2.24) is 9.88 Å². The van der Waals surface area contributed by atoms with E-state index >= 15 is 0 Å². The van der Waals surface area contributed by atoms with Crippen LogP contribution in [0, 0.1) is 6.92 Å². The highest BCUT2D eigenvalue weighted by Crippen LogP contribution is 2.27. The van der Waals surface area contributed by atoms with Gasteiger partial charge in [-0.3, -0.25) is 0 Å². The van der Waals surface area contributed by atoms with Gasteiger partial charge in [-0.05, 0) is 27.7 Å². The van der Waals surface area contributed by atoms with Gasteiger partial charge in [0, 0.05) is 11.8 Å². The fourth-order valence-electron chi connectivity index (χ4n) is 2.06. The Morgan fingerprint density at radius 3 is 2.68 bits per heavy atom. The number of aliphatic hydroxyl groups is 1. The summed E-state index contributed by atoms with van der Waals surface area (Å²) < 4.78 is 5.25. The van der Waals surface area contributed by atoms with Crippen LogP contribution in [-0.4, -0.2) is 45.4 Å². The Balaban J connectivity index is 1.86. The smallest absolute Gasteiger partial charge is 0.410 e. The van der Waals surface area contributed by atoms with E-state index in [0.717, 1.165) is 10.7 Å². The highest BCUT2D eigenvalue weighted by atomic mass is 32.1. The maximum absolute atomic E-state index is 11.8. The largest absolute Gasteiger partial charge is 0.444 e. The van der Waals surface area contributed by atoms with E-state index in [2.05, 4.69) is 4.98 Å². The lowest BCUT2D eigenvalue weighted by Gasteiger charge is -2.46. The molecular weight excluding hydrogens is 264 g/mol. The lowest BCUT2D eigenvalue weighted by Crippen LogP contribution is -2.65. The van der Waals surface area contributed by atoms with Gasteiger partial charge >= 0.3 is 6.09 Å². The molecule has 1 aliphatic heterocycles. The van der Waals surface area contributed by atoms with E-state index in [1.807, 2.05) is 33.1 Å². The molecule has 0 aromatic carbocycles. The molecule has 0 radical (unpaired) electrons. The molecule has 0 aliphatic carbocycles. The second kappa shape index (κ2) is 4.76. The van der Waals surface area contributed by atoms with Crippen molar-refractivity contribution in [3.8, 4) is 0 Å². The topological polar surface area (TPSA) is 62.7 Å². The van der Waals surface area contributed by atoms with Gasteiger partial charge in [0.1, 0.15) is 11.2 Å². The first-order valence-electron chi connectivity index (χ1n) is 6.28. The van der Waals surface area contributed by atoms with Crippen LogP contribution in [0.1, 0.15) is 31.5 Å². The number of likely N-dealkylation sites (tertiary alicyclic amines) is 1. The van der Waals surface area contributed by atoms with Crippen molar-refractivity contribution in [3.63, 3.8) is 0 Å². The minimum atomic E-state index is -0.864. The third-order valence-electron chi connectivity index (χ3n) is 2.80. The lowest BCUT2D eigenvalue weighted by atomic mass is 9.90. The number of hydrogen-bond acceptors (Lipinski definition) is 5. The van der Waals surface area contributed by atoms with Crippen molar-refractivity contribution in [1.29, 1.82) is 0 Å². The number of ether oxygens (including phenoxy) is 1.